The topological polar surface area (TPSA) is 46.2 Å². The highest BCUT2D eigenvalue weighted by Crippen LogP contribution is 2.36. The maximum absolute atomic E-state index is 12.2. The molecule has 1 fully saturated rings. The van der Waals surface area contributed by atoms with Crippen molar-refractivity contribution in [3.63, 3.8) is 0 Å². The summed E-state index contributed by atoms with van der Waals surface area (Å²) in [6, 6.07) is 7.84. The fourth-order valence-electron chi connectivity index (χ4n) is 3.96. The summed E-state index contributed by atoms with van der Waals surface area (Å²) in [6.45, 7) is 4.59. The first kappa shape index (κ1) is 14.1. The molecule has 0 bridgehead atoms. The maximum Gasteiger partial charge on any atom is 0.180 e. The zero-order valence-electron chi connectivity index (χ0n) is 12.2. The summed E-state index contributed by atoms with van der Waals surface area (Å²) in [6.07, 6.45) is 3.60. The Morgan fingerprint density at radius 2 is 1.70 bits per heavy atom. The van der Waals surface area contributed by atoms with Gasteiger partial charge in [-0.2, -0.15) is 0 Å². The molecule has 2 aliphatic rings. The summed E-state index contributed by atoms with van der Waals surface area (Å²) >= 11 is 0. The second-order valence-electron chi connectivity index (χ2n) is 6.65. The van der Waals surface area contributed by atoms with Crippen molar-refractivity contribution in [1.29, 1.82) is 0 Å². The first-order valence-corrected chi connectivity index (χ1v) is 9.18. The molecule has 3 unspecified atom stereocenters. The van der Waals surface area contributed by atoms with E-state index >= 15 is 0 Å². The van der Waals surface area contributed by atoms with E-state index < -0.39 is 9.84 Å². The Morgan fingerprint density at radius 1 is 1.05 bits per heavy atom. The predicted octanol–water partition coefficient (Wildman–Crippen LogP) is 2.93. The Bertz CT molecular complexity index is 586. The molecule has 1 N–H and O–H groups in total. The molecule has 20 heavy (non-hydrogen) atoms. The molecule has 0 saturated heterocycles. The summed E-state index contributed by atoms with van der Waals surface area (Å²) in [4.78, 5) is 0.523. The van der Waals surface area contributed by atoms with Crippen LogP contribution in [0, 0.1) is 11.8 Å². The first-order valence-electron chi connectivity index (χ1n) is 7.53. The largest absolute Gasteiger partial charge is 0.306 e. The van der Waals surface area contributed by atoms with Crippen LogP contribution in [0.5, 0.6) is 0 Å². The van der Waals surface area contributed by atoms with Crippen LogP contribution < -0.4 is 5.32 Å². The van der Waals surface area contributed by atoms with E-state index in [0.717, 1.165) is 30.2 Å². The smallest absolute Gasteiger partial charge is 0.180 e. The summed E-state index contributed by atoms with van der Waals surface area (Å²) in [5, 5.41) is 3.61. The van der Waals surface area contributed by atoms with E-state index in [1.54, 1.807) is 6.07 Å². The van der Waals surface area contributed by atoms with Crippen molar-refractivity contribution >= 4 is 9.84 Å². The van der Waals surface area contributed by atoms with Gasteiger partial charge in [-0.15, -0.1) is 0 Å². The van der Waals surface area contributed by atoms with Crippen molar-refractivity contribution in [3.05, 3.63) is 29.8 Å². The van der Waals surface area contributed by atoms with Crippen molar-refractivity contribution in [1.82, 2.24) is 5.32 Å². The first-order chi connectivity index (χ1) is 9.45. The van der Waals surface area contributed by atoms with Gasteiger partial charge in [-0.05, 0) is 42.7 Å². The third kappa shape index (κ3) is 2.63. The lowest BCUT2D eigenvalue weighted by atomic mass is 9.80. The highest BCUT2D eigenvalue weighted by atomic mass is 32.2. The number of sulfone groups is 1. The Kier molecular flexibility index (Phi) is 3.63. The van der Waals surface area contributed by atoms with Crippen LogP contribution >= 0.6 is 0 Å². The SMILES string of the molecule is CC1CC(C)CC(NC2CS(=O)(=O)c3ccccc32)C1. The van der Waals surface area contributed by atoms with Crippen LogP contribution in [0.4, 0.5) is 0 Å². The number of hydrogen-bond donors (Lipinski definition) is 1. The van der Waals surface area contributed by atoms with Gasteiger partial charge in [0.25, 0.3) is 0 Å². The number of hydrogen-bond acceptors (Lipinski definition) is 3. The lowest BCUT2D eigenvalue weighted by Gasteiger charge is -2.33. The van der Waals surface area contributed by atoms with Gasteiger partial charge in [0.05, 0.1) is 10.6 Å². The molecule has 1 saturated carbocycles. The summed E-state index contributed by atoms with van der Waals surface area (Å²) < 4.78 is 24.4. The van der Waals surface area contributed by atoms with Crippen LogP contribution in [0.2, 0.25) is 0 Å². The molecule has 0 radical (unpaired) electrons. The second kappa shape index (κ2) is 5.15. The third-order valence-corrected chi connectivity index (χ3v) is 6.45. The lowest BCUT2D eigenvalue weighted by Crippen LogP contribution is -2.39. The fraction of sp³-hybridized carbons (Fsp3) is 0.625. The maximum atomic E-state index is 12.2. The quantitative estimate of drug-likeness (QED) is 0.912. The number of benzene rings is 1. The number of nitrogens with one attached hydrogen (secondary N) is 1. The molecule has 1 aromatic carbocycles. The Hall–Kier alpha value is -0.870. The summed E-state index contributed by atoms with van der Waals surface area (Å²) in [5.41, 5.74) is 0.957. The Balaban J connectivity index is 1.80. The number of rotatable bonds is 2. The third-order valence-electron chi connectivity index (χ3n) is 4.63. The molecule has 3 nitrogen and oxygen atoms in total. The Morgan fingerprint density at radius 3 is 2.40 bits per heavy atom. The fourth-order valence-corrected chi connectivity index (χ4v) is 5.71. The van der Waals surface area contributed by atoms with Crippen molar-refractivity contribution in [3.8, 4) is 0 Å². The van der Waals surface area contributed by atoms with Crippen LogP contribution in [0.1, 0.15) is 44.7 Å². The molecule has 3 atom stereocenters. The molecule has 0 amide bonds. The zero-order valence-corrected chi connectivity index (χ0v) is 13.0. The molecule has 0 spiro atoms. The second-order valence-corrected chi connectivity index (χ2v) is 8.66. The highest BCUT2D eigenvalue weighted by molar-refractivity contribution is 7.91. The van der Waals surface area contributed by atoms with Gasteiger partial charge in [-0.25, -0.2) is 8.42 Å². The molecular weight excluding hydrogens is 270 g/mol. The average molecular weight is 293 g/mol. The van der Waals surface area contributed by atoms with Crippen molar-refractivity contribution in [2.24, 2.45) is 11.8 Å². The minimum atomic E-state index is -3.10. The summed E-state index contributed by atoms with van der Waals surface area (Å²) in [7, 11) is -3.10. The molecular formula is C16H23NO2S. The highest BCUT2D eigenvalue weighted by Gasteiger charge is 2.36. The average Bonchev–Trinajstić information content (AvgIpc) is 2.60. The van der Waals surface area contributed by atoms with E-state index in [1.165, 1.54) is 6.42 Å². The van der Waals surface area contributed by atoms with Gasteiger partial charge < -0.3 is 5.32 Å². The minimum Gasteiger partial charge on any atom is -0.306 e. The van der Waals surface area contributed by atoms with Gasteiger partial charge in [0.15, 0.2) is 9.84 Å². The van der Waals surface area contributed by atoms with Crippen molar-refractivity contribution in [2.75, 3.05) is 5.75 Å². The van der Waals surface area contributed by atoms with Crippen molar-refractivity contribution in [2.45, 2.75) is 50.1 Å². The van der Waals surface area contributed by atoms with Gasteiger partial charge in [0.2, 0.25) is 0 Å². The standard InChI is InChI=1S/C16H23NO2S/c1-11-7-12(2)9-13(8-11)17-15-10-20(18,19)16-6-4-3-5-14(15)16/h3-6,11-13,15,17H,7-10H2,1-2H3. The summed E-state index contributed by atoms with van der Waals surface area (Å²) in [5.74, 6) is 1.67. The van der Waals surface area contributed by atoms with E-state index in [1.807, 2.05) is 18.2 Å². The minimum absolute atomic E-state index is 0.0290. The molecule has 1 heterocycles. The molecule has 0 aromatic heterocycles. The van der Waals surface area contributed by atoms with Crippen LogP contribution in [-0.4, -0.2) is 20.2 Å². The van der Waals surface area contributed by atoms with Crippen LogP contribution in [0.15, 0.2) is 29.2 Å². The van der Waals surface area contributed by atoms with Gasteiger partial charge >= 0.3 is 0 Å². The van der Waals surface area contributed by atoms with Crippen LogP contribution in [0.3, 0.4) is 0 Å². The Labute approximate surface area is 121 Å². The van der Waals surface area contributed by atoms with Gasteiger partial charge in [-0.1, -0.05) is 32.0 Å². The van der Waals surface area contributed by atoms with Gasteiger partial charge in [-0.3, -0.25) is 0 Å². The van der Waals surface area contributed by atoms with E-state index in [2.05, 4.69) is 19.2 Å². The number of fused-ring (bicyclic) bond motifs is 1. The van der Waals surface area contributed by atoms with E-state index in [-0.39, 0.29) is 11.8 Å². The van der Waals surface area contributed by atoms with Gasteiger partial charge in [0, 0.05) is 12.1 Å². The molecule has 110 valence electrons. The van der Waals surface area contributed by atoms with Crippen molar-refractivity contribution < 1.29 is 8.42 Å². The monoisotopic (exact) mass is 293 g/mol. The molecule has 3 rings (SSSR count). The van der Waals surface area contributed by atoms with E-state index in [0.29, 0.717) is 10.9 Å². The molecule has 4 heteroatoms. The van der Waals surface area contributed by atoms with E-state index in [9.17, 15) is 8.42 Å². The zero-order chi connectivity index (χ0) is 14.3. The molecule has 1 aromatic rings. The normalized spacial score (nSPS) is 35.7. The van der Waals surface area contributed by atoms with Crippen LogP contribution in [-0.2, 0) is 9.84 Å². The molecule has 1 aliphatic heterocycles. The molecule has 1 aliphatic carbocycles. The van der Waals surface area contributed by atoms with Gasteiger partial charge in [0.1, 0.15) is 0 Å². The van der Waals surface area contributed by atoms with E-state index in [4.69, 9.17) is 0 Å². The lowest BCUT2D eigenvalue weighted by molar-refractivity contribution is 0.229. The predicted molar refractivity (Wildman–Crippen MR) is 80.3 cm³/mol. The van der Waals surface area contributed by atoms with Crippen LogP contribution in [0.25, 0.3) is 0 Å².